The van der Waals surface area contributed by atoms with Crippen molar-refractivity contribution in [3.63, 3.8) is 0 Å². The Kier molecular flexibility index (Phi) is 5.81. The maximum atomic E-state index is 13.1. The van der Waals surface area contributed by atoms with Crippen LogP contribution >= 0.6 is 15.9 Å². The molecule has 3 nitrogen and oxygen atoms in total. The zero-order valence-corrected chi connectivity index (χ0v) is 17.9. The lowest BCUT2D eigenvalue weighted by Crippen LogP contribution is -2.26. The summed E-state index contributed by atoms with van der Waals surface area (Å²) in [6.07, 6.45) is 2.86. The molecule has 3 aromatic carbocycles. The smallest absolute Gasteiger partial charge is 0.258 e. The molecular formula is C25H22BrNO2. The molecule has 0 N–H and O–H groups in total. The van der Waals surface area contributed by atoms with Crippen molar-refractivity contribution in [1.29, 1.82) is 0 Å². The molecule has 0 bridgehead atoms. The molecule has 0 aromatic heterocycles. The van der Waals surface area contributed by atoms with Gasteiger partial charge in [-0.05, 0) is 42.3 Å². The first-order valence-corrected chi connectivity index (χ1v) is 10.6. The molecule has 4 heteroatoms. The van der Waals surface area contributed by atoms with Crippen LogP contribution in [-0.2, 0) is 11.4 Å². The molecule has 0 unspecified atom stereocenters. The Balaban J connectivity index is 1.70. The van der Waals surface area contributed by atoms with Gasteiger partial charge in [0.2, 0.25) is 0 Å². The van der Waals surface area contributed by atoms with Gasteiger partial charge in [-0.1, -0.05) is 71.4 Å². The van der Waals surface area contributed by atoms with E-state index in [1.807, 2.05) is 83.8 Å². The molecule has 0 aliphatic carbocycles. The lowest BCUT2D eigenvalue weighted by atomic mass is 10.0. The molecule has 0 atom stereocenters. The highest BCUT2D eigenvalue weighted by Crippen LogP contribution is 2.39. The van der Waals surface area contributed by atoms with Crippen LogP contribution in [0, 0.1) is 0 Å². The number of carbonyl (C=O) groups is 1. The number of anilines is 1. The summed E-state index contributed by atoms with van der Waals surface area (Å²) in [5.41, 5.74) is 4.64. The molecule has 1 amide bonds. The third-order valence-electron chi connectivity index (χ3n) is 4.92. The number of hydrogen-bond acceptors (Lipinski definition) is 2. The number of ether oxygens (including phenoxy) is 1. The van der Waals surface area contributed by atoms with Gasteiger partial charge in [-0.2, -0.15) is 0 Å². The standard InChI is InChI=1S/C25H22BrNO2/c1-2-14-27-23-11-7-6-10-21(23)22(25(27)28)16-19-15-20(26)12-13-24(19)29-17-18-8-4-3-5-9-18/h3-13,15-16H,2,14,17H2,1H3/b22-16-. The van der Waals surface area contributed by atoms with Crippen LogP contribution in [0.5, 0.6) is 5.75 Å². The van der Waals surface area contributed by atoms with Crippen LogP contribution in [0.3, 0.4) is 0 Å². The third kappa shape index (κ3) is 4.13. The number of para-hydroxylation sites is 1. The van der Waals surface area contributed by atoms with Gasteiger partial charge >= 0.3 is 0 Å². The van der Waals surface area contributed by atoms with Crippen LogP contribution in [0.2, 0.25) is 0 Å². The Morgan fingerprint density at radius 2 is 1.76 bits per heavy atom. The maximum absolute atomic E-state index is 13.1. The minimum absolute atomic E-state index is 0.0436. The quantitative estimate of drug-likeness (QED) is 0.413. The Morgan fingerprint density at radius 3 is 2.55 bits per heavy atom. The SMILES string of the molecule is CCCN1C(=O)/C(=C\c2cc(Br)ccc2OCc2ccccc2)c2ccccc21. The molecule has 0 saturated carbocycles. The average molecular weight is 448 g/mol. The summed E-state index contributed by atoms with van der Waals surface area (Å²) in [5.74, 6) is 0.797. The highest BCUT2D eigenvalue weighted by atomic mass is 79.9. The fraction of sp³-hybridized carbons (Fsp3) is 0.160. The van der Waals surface area contributed by atoms with Crippen LogP contribution in [0.15, 0.2) is 77.3 Å². The molecule has 0 fully saturated rings. The molecule has 0 spiro atoms. The number of halogens is 1. The van der Waals surface area contributed by atoms with Gasteiger partial charge in [-0.25, -0.2) is 0 Å². The summed E-state index contributed by atoms with van der Waals surface area (Å²) < 4.78 is 7.04. The number of fused-ring (bicyclic) bond motifs is 1. The van der Waals surface area contributed by atoms with Crippen molar-refractivity contribution in [2.75, 3.05) is 11.4 Å². The van der Waals surface area contributed by atoms with E-state index in [0.29, 0.717) is 18.7 Å². The second kappa shape index (κ2) is 8.66. The Morgan fingerprint density at radius 1 is 1.00 bits per heavy atom. The molecule has 3 aromatic rings. The highest BCUT2D eigenvalue weighted by molar-refractivity contribution is 9.10. The van der Waals surface area contributed by atoms with Crippen molar-refractivity contribution < 1.29 is 9.53 Å². The first kappa shape index (κ1) is 19.5. The van der Waals surface area contributed by atoms with Gasteiger partial charge in [-0.3, -0.25) is 4.79 Å². The Labute approximate surface area is 179 Å². The number of rotatable bonds is 6. The largest absolute Gasteiger partial charge is 0.488 e. The summed E-state index contributed by atoms with van der Waals surface area (Å²) in [4.78, 5) is 15.0. The van der Waals surface area contributed by atoms with Crippen LogP contribution in [0.25, 0.3) is 11.6 Å². The van der Waals surface area contributed by atoms with Crippen molar-refractivity contribution in [3.05, 3.63) is 94.0 Å². The fourth-order valence-corrected chi connectivity index (χ4v) is 3.93. The van der Waals surface area contributed by atoms with E-state index in [1.54, 1.807) is 0 Å². The van der Waals surface area contributed by atoms with Crippen molar-refractivity contribution in [2.45, 2.75) is 20.0 Å². The van der Waals surface area contributed by atoms with Crippen molar-refractivity contribution >= 4 is 39.2 Å². The first-order valence-electron chi connectivity index (χ1n) is 9.76. The summed E-state index contributed by atoms with van der Waals surface area (Å²) in [5, 5.41) is 0. The van der Waals surface area contributed by atoms with E-state index in [4.69, 9.17) is 4.74 Å². The Hall–Kier alpha value is -2.85. The lowest BCUT2D eigenvalue weighted by molar-refractivity contribution is -0.113. The molecule has 4 rings (SSSR count). The van der Waals surface area contributed by atoms with Gasteiger partial charge in [0.05, 0.1) is 5.69 Å². The predicted molar refractivity (Wildman–Crippen MR) is 122 cm³/mol. The van der Waals surface area contributed by atoms with Crippen molar-refractivity contribution in [1.82, 2.24) is 0 Å². The van der Waals surface area contributed by atoms with Crippen LogP contribution < -0.4 is 9.64 Å². The number of nitrogens with zero attached hydrogens (tertiary/aromatic N) is 1. The Bertz CT molecular complexity index is 1060. The van der Waals surface area contributed by atoms with Gasteiger partial charge in [0.1, 0.15) is 12.4 Å². The zero-order chi connectivity index (χ0) is 20.2. The van der Waals surface area contributed by atoms with Gasteiger partial charge in [0.25, 0.3) is 5.91 Å². The molecular weight excluding hydrogens is 426 g/mol. The summed E-state index contributed by atoms with van der Waals surface area (Å²) >= 11 is 3.55. The number of hydrogen-bond donors (Lipinski definition) is 0. The van der Waals surface area contributed by atoms with Gasteiger partial charge in [0, 0.05) is 27.7 Å². The fourth-order valence-electron chi connectivity index (χ4n) is 3.55. The van der Waals surface area contributed by atoms with E-state index in [-0.39, 0.29) is 5.91 Å². The molecule has 146 valence electrons. The van der Waals surface area contributed by atoms with E-state index in [0.717, 1.165) is 39.0 Å². The second-order valence-electron chi connectivity index (χ2n) is 6.99. The van der Waals surface area contributed by atoms with E-state index in [9.17, 15) is 4.79 Å². The number of carbonyl (C=O) groups excluding carboxylic acids is 1. The summed E-state index contributed by atoms with van der Waals surface area (Å²) in [7, 11) is 0. The second-order valence-corrected chi connectivity index (χ2v) is 7.90. The molecule has 1 aliphatic rings. The molecule has 1 aliphatic heterocycles. The highest BCUT2D eigenvalue weighted by Gasteiger charge is 2.31. The summed E-state index contributed by atoms with van der Waals surface area (Å²) in [6.45, 7) is 3.27. The van der Waals surface area contributed by atoms with Gasteiger partial charge in [-0.15, -0.1) is 0 Å². The summed E-state index contributed by atoms with van der Waals surface area (Å²) in [6, 6.07) is 23.9. The van der Waals surface area contributed by atoms with Crippen LogP contribution in [0.1, 0.15) is 30.0 Å². The zero-order valence-electron chi connectivity index (χ0n) is 16.3. The minimum Gasteiger partial charge on any atom is -0.488 e. The molecule has 29 heavy (non-hydrogen) atoms. The maximum Gasteiger partial charge on any atom is 0.258 e. The van der Waals surface area contributed by atoms with E-state index < -0.39 is 0 Å². The lowest BCUT2D eigenvalue weighted by Gasteiger charge is -2.15. The third-order valence-corrected chi connectivity index (χ3v) is 5.41. The number of benzene rings is 3. The topological polar surface area (TPSA) is 29.5 Å². The van der Waals surface area contributed by atoms with E-state index in [2.05, 4.69) is 22.9 Å². The van der Waals surface area contributed by atoms with Crippen molar-refractivity contribution in [3.8, 4) is 5.75 Å². The monoisotopic (exact) mass is 447 g/mol. The molecule has 0 radical (unpaired) electrons. The number of amides is 1. The van der Waals surface area contributed by atoms with Gasteiger partial charge < -0.3 is 9.64 Å². The molecule has 0 saturated heterocycles. The van der Waals surface area contributed by atoms with E-state index >= 15 is 0 Å². The first-order chi connectivity index (χ1) is 14.2. The van der Waals surface area contributed by atoms with E-state index in [1.165, 1.54) is 0 Å². The van der Waals surface area contributed by atoms with Crippen LogP contribution in [0.4, 0.5) is 5.69 Å². The predicted octanol–water partition coefficient (Wildman–Crippen LogP) is 6.33. The van der Waals surface area contributed by atoms with Crippen LogP contribution in [-0.4, -0.2) is 12.5 Å². The van der Waals surface area contributed by atoms with Crippen molar-refractivity contribution in [2.24, 2.45) is 0 Å². The average Bonchev–Trinajstić information content (AvgIpc) is 3.00. The normalized spacial score (nSPS) is 14.3. The van der Waals surface area contributed by atoms with Gasteiger partial charge in [0.15, 0.2) is 0 Å². The molecule has 1 heterocycles. The minimum atomic E-state index is 0.0436.